The van der Waals surface area contributed by atoms with E-state index in [4.69, 9.17) is 9.84 Å². The van der Waals surface area contributed by atoms with E-state index in [0.717, 1.165) is 31.5 Å². The molecule has 0 spiro atoms. The number of carboxylic acid groups (broad SMARTS) is 1. The van der Waals surface area contributed by atoms with Gasteiger partial charge in [-0.15, -0.1) is 0 Å². The van der Waals surface area contributed by atoms with Gasteiger partial charge in [-0.2, -0.15) is 0 Å². The molecule has 0 aliphatic carbocycles. The van der Waals surface area contributed by atoms with E-state index in [1.807, 2.05) is 48.5 Å². The number of aromatic amines is 1. The van der Waals surface area contributed by atoms with Crippen LogP contribution in [0.15, 0.2) is 48.5 Å². The van der Waals surface area contributed by atoms with E-state index < -0.39 is 5.97 Å². The van der Waals surface area contributed by atoms with E-state index in [-0.39, 0.29) is 6.42 Å². The van der Waals surface area contributed by atoms with E-state index in [0.29, 0.717) is 6.61 Å². The van der Waals surface area contributed by atoms with E-state index in [2.05, 4.69) is 27.6 Å². The summed E-state index contributed by atoms with van der Waals surface area (Å²) in [4.78, 5) is 14.2. The van der Waals surface area contributed by atoms with Crippen molar-refractivity contribution < 1.29 is 14.6 Å². The lowest BCUT2D eigenvalue weighted by Crippen LogP contribution is -2.01. The summed E-state index contributed by atoms with van der Waals surface area (Å²) in [5.41, 5.74) is 2.82. The van der Waals surface area contributed by atoms with Gasteiger partial charge in [0.2, 0.25) is 0 Å². The number of hydrogen-bond donors (Lipinski definition) is 2. The van der Waals surface area contributed by atoms with Gasteiger partial charge in [0.25, 0.3) is 0 Å². The molecule has 3 rings (SSSR count). The van der Waals surface area contributed by atoms with Crippen molar-refractivity contribution in [2.24, 2.45) is 0 Å². The first-order valence-electron chi connectivity index (χ1n) is 6.82. The lowest BCUT2D eigenvalue weighted by atomic mass is 10.1. The number of nitrogens with one attached hydrogen (secondary N) is 1. The summed E-state index contributed by atoms with van der Waals surface area (Å²) in [7, 11) is 0. The molecule has 5 heteroatoms. The number of rotatable bonds is 5. The largest absolute Gasteiger partial charge is 0.489 e. The third-order valence-corrected chi connectivity index (χ3v) is 4.32. The molecular weight excluding hydrogens is 393 g/mol. The number of hydrogen-bond acceptors (Lipinski definition) is 2. The van der Waals surface area contributed by atoms with Crippen LogP contribution in [0.2, 0.25) is 0 Å². The van der Waals surface area contributed by atoms with E-state index in [1.165, 1.54) is 0 Å². The summed E-state index contributed by atoms with van der Waals surface area (Å²) in [6.45, 7) is 0.488. The molecule has 1 aromatic heterocycles. The first-order valence-corrected chi connectivity index (χ1v) is 7.90. The number of benzene rings is 2. The Morgan fingerprint density at radius 2 is 1.95 bits per heavy atom. The molecule has 0 radical (unpaired) electrons. The number of carboxylic acids is 1. The Hall–Kier alpha value is -2.02. The molecule has 0 atom stereocenters. The van der Waals surface area contributed by atoms with Crippen molar-refractivity contribution in [2.75, 3.05) is 0 Å². The zero-order valence-electron chi connectivity index (χ0n) is 11.7. The molecule has 22 heavy (non-hydrogen) atoms. The molecule has 0 bridgehead atoms. The molecule has 2 aromatic carbocycles. The van der Waals surface area contributed by atoms with Crippen LogP contribution in [0.25, 0.3) is 10.9 Å². The van der Waals surface area contributed by atoms with Gasteiger partial charge in [-0.05, 0) is 46.4 Å². The fourth-order valence-electron chi connectivity index (χ4n) is 2.35. The molecule has 112 valence electrons. The van der Waals surface area contributed by atoms with Gasteiger partial charge in [-0.25, -0.2) is 0 Å². The number of fused-ring (bicyclic) bond motifs is 1. The molecular formula is C17H14INO3. The maximum absolute atomic E-state index is 11.0. The Kier molecular flexibility index (Phi) is 4.33. The highest BCUT2D eigenvalue weighted by atomic mass is 127. The highest BCUT2D eigenvalue weighted by molar-refractivity contribution is 14.1. The second kappa shape index (κ2) is 6.39. The maximum Gasteiger partial charge on any atom is 0.307 e. The highest BCUT2D eigenvalue weighted by Gasteiger charge is 2.13. The molecule has 0 amide bonds. The van der Waals surface area contributed by atoms with Crippen LogP contribution in [0.3, 0.4) is 0 Å². The molecule has 0 saturated heterocycles. The minimum atomic E-state index is -0.838. The van der Waals surface area contributed by atoms with Crippen molar-refractivity contribution in [3.05, 3.63) is 63.4 Å². The normalized spacial score (nSPS) is 10.8. The molecule has 0 aliphatic heterocycles. The Morgan fingerprint density at radius 3 is 2.68 bits per heavy atom. The number of ether oxygens (including phenoxy) is 1. The molecule has 3 aromatic rings. The lowest BCUT2D eigenvalue weighted by molar-refractivity contribution is -0.136. The van der Waals surface area contributed by atoms with Crippen LogP contribution in [0.4, 0.5) is 0 Å². The second-order valence-corrected chi connectivity index (χ2v) is 6.05. The average molecular weight is 407 g/mol. The lowest BCUT2D eigenvalue weighted by Gasteiger charge is -2.06. The molecule has 1 heterocycles. The summed E-state index contributed by atoms with van der Waals surface area (Å²) < 4.78 is 6.66. The van der Waals surface area contributed by atoms with Crippen molar-refractivity contribution >= 4 is 39.5 Å². The van der Waals surface area contributed by atoms with E-state index >= 15 is 0 Å². The number of carbonyl (C=O) groups is 1. The van der Waals surface area contributed by atoms with Gasteiger partial charge in [0.1, 0.15) is 12.4 Å². The second-order valence-electron chi connectivity index (χ2n) is 4.97. The molecule has 0 unspecified atom stereocenters. The number of halogens is 1. The Labute approximate surface area is 141 Å². The zero-order chi connectivity index (χ0) is 15.5. The zero-order valence-corrected chi connectivity index (χ0v) is 13.8. The highest BCUT2D eigenvalue weighted by Crippen LogP contribution is 2.28. The van der Waals surface area contributed by atoms with Gasteiger partial charge in [-0.3, -0.25) is 4.79 Å². The average Bonchev–Trinajstić information content (AvgIpc) is 2.81. The van der Waals surface area contributed by atoms with Gasteiger partial charge in [0.05, 0.1) is 10.1 Å². The summed E-state index contributed by atoms with van der Waals surface area (Å²) in [5, 5.41) is 9.94. The maximum atomic E-state index is 11.0. The van der Waals surface area contributed by atoms with Gasteiger partial charge in [-0.1, -0.05) is 30.3 Å². The summed E-state index contributed by atoms with van der Waals surface area (Å²) in [6.07, 6.45) is 0.000409. The summed E-state index contributed by atoms with van der Waals surface area (Å²) in [5.74, 6) is -0.104. The third kappa shape index (κ3) is 3.24. The molecule has 2 N–H and O–H groups in total. The van der Waals surface area contributed by atoms with Crippen LogP contribution in [0.1, 0.15) is 11.1 Å². The Bertz CT molecular complexity index is 811. The van der Waals surface area contributed by atoms with Crippen molar-refractivity contribution in [2.45, 2.75) is 13.0 Å². The topological polar surface area (TPSA) is 62.3 Å². The Balaban J connectivity index is 1.86. The van der Waals surface area contributed by atoms with Crippen LogP contribution in [0, 0.1) is 3.70 Å². The Morgan fingerprint density at radius 1 is 1.18 bits per heavy atom. The van der Waals surface area contributed by atoms with Crippen molar-refractivity contribution in [1.29, 1.82) is 0 Å². The number of H-pyrrole nitrogens is 1. The van der Waals surface area contributed by atoms with Gasteiger partial charge in [0, 0.05) is 16.5 Å². The first-order chi connectivity index (χ1) is 10.6. The SMILES string of the molecule is O=C(O)Cc1c(I)[nH]c2ccc(OCc3ccccc3)cc12. The molecule has 0 saturated carbocycles. The van der Waals surface area contributed by atoms with Crippen molar-refractivity contribution in [1.82, 2.24) is 4.98 Å². The monoisotopic (exact) mass is 407 g/mol. The predicted molar refractivity (Wildman–Crippen MR) is 93.1 cm³/mol. The van der Waals surface area contributed by atoms with Crippen LogP contribution in [-0.4, -0.2) is 16.1 Å². The van der Waals surface area contributed by atoms with Crippen molar-refractivity contribution in [3.63, 3.8) is 0 Å². The standard InChI is InChI=1S/C17H14INO3/c18-17-14(9-16(20)21)13-8-12(6-7-15(13)19-17)22-10-11-4-2-1-3-5-11/h1-8,19H,9-10H2,(H,20,21). The van der Waals surface area contributed by atoms with Gasteiger partial charge < -0.3 is 14.8 Å². The van der Waals surface area contributed by atoms with Crippen LogP contribution in [0.5, 0.6) is 5.75 Å². The summed E-state index contributed by atoms with van der Waals surface area (Å²) >= 11 is 2.13. The minimum Gasteiger partial charge on any atom is -0.489 e. The number of aliphatic carboxylic acids is 1. The predicted octanol–water partition coefficient (Wildman–Crippen LogP) is 3.98. The molecule has 4 nitrogen and oxygen atoms in total. The summed E-state index contributed by atoms with van der Waals surface area (Å²) in [6, 6.07) is 15.6. The van der Waals surface area contributed by atoms with Gasteiger partial charge >= 0.3 is 5.97 Å². The fraction of sp³-hybridized carbons (Fsp3) is 0.118. The van der Waals surface area contributed by atoms with Gasteiger partial charge in [0.15, 0.2) is 0 Å². The van der Waals surface area contributed by atoms with Crippen LogP contribution < -0.4 is 4.74 Å². The van der Waals surface area contributed by atoms with Crippen molar-refractivity contribution in [3.8, 4) is 5.75 Å². The van der Waals surface area contributed by atoms with Crippen LogP contribution >= 0.6 is 22.6 Å². The van der Waals surface area contributed by atoms with E-state index in [9.17, 15) is 4.79 Å². The fourth-order valence-corrected chi connectivity index (χ4v) is 3.12. The quantitative estimate of drug-likeness (QED) is 0.630. The van der Waals surface area contributed by atoms with Crippen LogP contribution in [-0.2, 0) is 17.8 Å². The third-order valence-electron chi connectivity index (χ3n) is 3.40. The smallest absolute Gasteiger partial charge is 0.307 e. The first kappa shape index (κ1) is 14.9. The molecule has 0 fully saturated rings. The number of aromatic nitrogens is 1. The molecule has 0 aliphatic rings. The minimum absolute atomic E-state index is 0.000409. The van der Waals surface area contributed by atoms with E-state index in [1.54, 1.807) is 0 Å².